The van der Waals surface area contributed by atoms with Gasteiger partial charge >= 0.3 is 0 Å². The third-order valence-corrected chi connectivity index (χ3v) is 7.03. The van der Waals surface area contributed by atoms with Crippen LogP contribution >= 0.6 is 11.6 Å². The molecule has 0 bridgehead atoms. The first kappa shape index (κ1) is 21.7. The van der Waals surface area contributed by atoms with Crippen molar-refractivity contribution in [1.82, 2.24) is 4.90 Å². The van der Waals surface area contributed by atoms with Crippen molar-refractivity contribution in [2.24, 2.45) is 10.4 Å². The van der Waals surface area contributed by atoms with Gasteiger partial charge in [-0.25, -0.2) is 4.39 Å². The van der Waals surface area contributed by atoms with Gasteiger partial charge in [0.15, 0.2) is 5.82 Å². The van der Waals surface area contributed by atoms with E-state index >= 15 is 0 Å². The molecule has 0 radical (unpaired) electrons. The number of aliphatic imine (C=N–C) groups is 1. The van der Waals surface area contributed by atoms with E-state index in [4.69, 9.17) is 16.6 Å². The highest BCUT2D eigenvalue weighted by molar-refractivity contribution is 6.47. The standard InChI is InChI=1S/C25H26ClFN2O2/c1-16(18-9-7-17(15-30)8-10-18)29-23(31)22(19-5-4-6-20(26)21(19)27)28-25(29)13-11-24(2,3)12-14-25/h4-10,15-16H,11-14H2,1-3H3. The highest BCUT2D eigenvalue weighted by atomic mass is 35.5. The number of hydrogen-bond donors (Lipinski definition) is 0. The van der Waals surface area contributed by atoms with Gasteiger partial charge in [-0.3, -0.25) is 14.6 Å². The zero-order valence-electron chi connectivity index (χ0n) is 18.0. The van der Waals surface area contributed by atoms with Gasteiger partial charge in [-0.15, -0.1) is 0 Å². The molecule has 2 aliphatic rings. The maximum absolute atomic E-state index is 14.8. The number of carbonyl (C=O) groups excluding carboxylic acids is 2. The predicted molar refractivity (Wildman–Crippen MR) is 120 cm³/mol. The summed E-state index contributed by atoms with van der Waals surface area (Å²) in [6.45, 7) is 6.41. The second kappa shape index (κ2) is 7.86. The molecule has 1 spiro atoms. The van der Waals surface area contributed by atoms with Crippen LogP contribution in [0.15, 0.2) is 47.5 Å². The molecule has 0 N–H and O–H groups in total. The molecule has 31 heavy (non-hydrogen) atoms. The maximum Gasteiger partial charge on any atom is 0.275 e. The van der Waals surface area contributed by atoms with Crippen LogP contribution < -0.4 is 0 Å². The number of nitrogens with zero attached hydrogens (tertiary/aromatic N) is 2. The minimum Gasteiger partial charge on any atom is -0.306 e. The van der Waals surface area contributed by atoms with Gasteiger partial charge in [0.05, 0.1) is 11.1 Å². The van der Waals surface area contributed by atoms with E-state index in [0.29, 0.717) is 18.4 Å². The van der Waals surface area contributed by atoms with Crippen LogP contribution in [0, 0.1) is 11.2 Å². The van der Waals surface area contributed by atoms with Gasteiger partial charge in [0.1, 0.15) is 17.7 Å². The van der Waals surface area contributed by atoms with Gasteiger partial charge in [-0.1, -0.05) is 55.8 Å². The van der Waals surface area contributed by atoms with E-state index in [-0.39, 0.29) is 33.7 Å². The van der Waals surface area contributed by atoms with Crippen molar-refractivity contribution < 1.29 is 14.0 Å². The number of hydrogen-bond acceptors (Lipinski definition) is 3. The molecule has 1 aliphatic carbocycles. The molecule has 4 rings (SSSR count). The minimum atomic E-state index is -0.709. The van der Waals surface area contributed by atoms with Gasteiger partial charge < -0.3 is 4.90 Å². The van der Waals surface area contributed by atoms with Crippen LogP contribution in [0.25, 0.3) is 0 Å². The van der Waals surface area contributed by atoms with Crippen LogP contribution in [0.5, 0.6) is 0 Å². The predicted octanol–water partition coefficient (Wildman–Crippen LogP) is 5.98. The Morgan fingerprint density at radius 1 is 1.10 bits per heavy atom. The molecule has 1 heterocycles. The Hall–Kier alpha value is -2.53. The van der Waals surface area contributed by atoms with Crippen LogP contribution in [-0.2, 0) is 4.79 Å². The molecule has 1 unspecified atom stereocenters. The minimum absolute atomic E-state index is 0.0252. The molecule has 1 atom stereocenters. The Balaban J connectivity index is 1.78. The highest BCUT2D eigenvalue weighted by Gasteiger charge is 2.52. The third kappa shape index (κ3) is 3.80. The van der Waals surface area contributed by atoms with Crippen molar-refractivity contribution >= 4 is 29.5 Å². The SMILES string of the molecule is CC(c1ccc(C=O)cc1)N1C(=O)C(c2cccc(Cl)c2F)=NC12CCC(C)(C)CC2. The monoisotopic (exact) mass is 440 g/mol. The molecule has 1 saturated carbocycles. The molecule has 1 amide bonds. The number of carbonyl (C=O) groups is 2. The first-order valence-corrected chi connectivity index (χ1v) is 11.0. The molecule has 4 nitrogen and oxygen atoms in total. The van der Waals surface area contributed by atoms with Crippen LogP contribution in [0.4, 0.5) is 4.39 Å². The number of rotatable bonds is 4. The Kier molecular flexibility index (Phi) is 5.50. The van der Waals surface area contributed by atoms with Gasteiger partial charge in [-0.05, 0) is 55.7 Å². The summed E-state index contributed by atoms with van der Waals surface area (Å²) in [5.41, 5.74) is 1.24. The van der Waals surface area contributed by atoms with Crippen molar-refractivity contribution in [2.45, 2.75) is 58.2 Å². The number of aldehydes is 1. The molecule has 2 aromatic carbocycles. The van der Waals surface area contributed by atoms with Gasteiger partial charge in [0, 0.05) is 11.1 Å². The largest absolute Gasteiger partial charge is 0.306 e. The van der Waals surface area contributed by atoms with Crippen molar-refractivity contribution in [2.75, 3.05) is 0 Å². The van der Waals surface area contributed by atoms with E-state index < -0.39 is 11.5 Å². The normalized spacial score (nSPS) is 20.6. The molecular formula is C25H26ClFN2O2. The zero-order chi connectivity index (χ0) is 22.4. The summed E-state index contributed by atoms with van der Waals surface area (Å²) in [4.78, 5) is 31.4. The van der Waals surface area contributed by atoms with E-state index in [9.17, 15) is 14.0 Å². The lowest BCUT2D eigenvalue weighted by Gasteiger charge is -2.46. The fraction of sp³-hybridized carbons (Fsp3) is 0.400. The lowest BCUT2D eigenvalue weighted by atomic mass is 9.72. The fourth-order valence-electron chi connectivity index (χ4n) is 4.69. The summed E-state index contributed by atoms with van der Waals surface area (Å²) in [5.74, 6) is -0.903. The van der Waals surface area contributed by atoms with Crippen LogP contribution in [0.3, 0.4) is 0 Å². The zero-order valence-corrected chi connectivity index (χ0v) is 18.7. The van der Waals surface area contributed by atoms with Crippen molar-refractivity contribution in [1.29, 1.82) is 0 Å². The molecule has 1 aliphatic heterocycles. The van der Waals surface area contributed by atoms with E-state index in [1.165, 1.54) is 6.07 Å². The Morgan fingerprint density at radius 2 is 1.74 bits per heavy atom. The Bertz CT molecular complexity index is 1050. The first-order valence-electron chi connectivity index (χ1n) is 10.6. The summed E-state index contributed by atoms with van der Waals surface area (Å²) in [6, 6.07) is 11.6. The molecule has 0 saturated heterocycles. The summed E-state index contributed by atoms with van der Waals surface area (Å²) in [6.07, 6.45) is 4.07. The van der Waals surface area contributed by atoms with Crippen LogP contribution in [-0.4, -0.2) is 28.5 Å². The second-order valence-electron chi connectivity index (χ2n) is 9.34. The van der Waals surface area contributed by atoms with Crippen LogP contribution in [0.1, 0.15) is 74.0 Å². The summed E-state index contributed by atoms with van der Waals surface area (Å²) in [5, 5.41) is -0.0252. The molecule has 1 fully saturated rings. The van der Waals surface area contributed by atoms with Gasteiger partial charge in [0.2, 0.25) is 0 Å². The third-order valence-electron chi connectivity index (χ3n) is 6.74. The molecule has 6 heteroatoms. The van der Waals surface area contributed by atoms with Crippen molar-refractivity contribution in [3.8, 4) is 0 Å². The van der Waals surface area contributed by atoms with E-state index in [0.717, 1.165) is 24.7 Å². The smallest absolute Gasteiger partial charge is 0.275 e. The quantitative estimate of drug-likeness (QED) is 0.549. The van der Waals surface area contributed by atoms with Gasteiger partial charge in [-0.2, -0.15) is 0 Å². The van der Waals surface area contributed by atoms with Gasteiger partial charge in [0.25, 0.3) is 5.91 Å². The van der Waals surface area contributed by atoms with Crippen LogP contribution in [0.2, 0.25) is 5.02 Å². The second-order valence-corrected chi connectivity index (χ2v) is 9.75. The lowest BCUT2D eigenvalue weighted by Crippen LogP contribution is -2.51. The van der Waals surface area contributed by atoms with E-state index in [1.807, 2.05) is 24.0 Å². The van der Waals surface area contributed by atoms with Crippen molar-refractivity contribution in [3.05, 3.63) is 70.0 Å². The molecular weight excluding hydrogens is 415 g/mol. The molecule has 2 aromatic rings. The molecule has 162 valence electrons. The number of amides is 1. The number of halogens is 2. The highest BCUT2D eigenvalue weighted by Crippen LogP contribution is 2.49. The Labute approximate surface area is 187 Å². The van der Waals surface area contributed by atoms with E-state index in [1.54, 1.807) is 24.3 Å². The van der Waals surface area contributed by atoms with Crippen molar-refractivity contribution in [3.63, 3.8) is 0 Å². The summed E-state index contributed by atoms with van der Waals surface area (Å²) in [7, 11) is 0. The Morgan fingerprint density at radius 3 is 2.35 bits per heavy atom. The average Bonchev–Trinajstić information content (AvgIpc) is 3.04. The van der Waals surface area contributed by atoms with E-state index in [2.05, 4.69) is 13.8 Å². The first-order chi connectivity index (χ1) is 14.7. The topological polar surface area (TPSA) is 49.7 Å². The fourth-order valence-corrected chi connectivity index (χ4v) is 4.87. The number of benzene rings is 2. The summed E-state index contributed by atoms with van der Waals surface area (Å²) < 4.78 is 14.8. The lowest BCUT2D eigenvalue weighted by molar-refractivity contribution is -0.133. The molecule has 0 aromatic heterocycles. The maximum atomic E-state index is 14.8. The average molecular weight is 441 g/mol. The summed E-state index contributed by atoms with van der Waals surface area (Å²) >= 11 is 5.99.